The fourth-order valence-corrected chi connectivity index (χ4v) is 4.58. The summed E-state index contributed by atoms with van der Waals surface area (Å²) in [5, 5.41) is 11.3. The average Bonchev–Trinajstić information content (AvgIpc) is 3.69. The Morgan fingerprint density at radius 2 is 1.63 bits per heavy atom. The third kappa shape index (κ3) is 6.27. The van der Waals surface area contributed by atoms with Crippen molar-refractivity contribution in [3.05, 3.63) is 70.8 Å². The van der Waals surface area contributed by atoms with E-state index in [1.165, 1.54) is 12.8 Å². The van der Waals surface area contributed by atoms with E-state index in [1.54, 1.807) is 48.5 Å². The summed E-state index contributed by atoms with van der Waals surface area (Å²) in [6.07, 6.45) is 5.59. The number of anilines is 1. The molecule has 1 amide bonds. The van der Waals surface area contributed by atoms with Gasteiger partial charge >= 0.3 is 0 Å². The fourth-order valence-electron chi connectivity index (χ4n) is 4.40. The monoisotopic (exact) mass is 500 g/mol. The normalized spacial score (nSPS) is 17.5. The number of alkyl halides is 2. The van der Waals surface area contributed by atoms with Gasteiger partial charge in [-0.25, -0.2) is 0 Å². The summed E-state index contributed by atoms with van der Waals surface area (Å²) in [4.78, 5) is 17.4. The molecule has 35 heavy (non-hydrogen) atoms. The summed E-state index contributed by atoms with van der Waals surface area (Å²) in [5.74, 6) is -3.32. The standard InChI is InChI=1S/C27H31ClF2N4O/c1-27(29,30)25(31)17-24(32-23-6-4-3-5-22(23)28)18-7-9-19(10-8-18)26(35)34-15-13-21(14-16-34)33(2)20-11-12-20/h3-10,17,20-21,31-32H,11-16H2,1-2H3/b24-17-,31-25?. The predicted octanol–water partition coefficient (Wildman–Crippen LogP) is 6.17. The smallest absolute Gasteiger partial charge is 0.286 e. The highest BCUT2D eigenvalue weighted by molar-refractivity contribution is 6.33. The van der Waals surface area contributed by atoms with Crippen LogP contribution in [0.4, 0.5) is 14.5 Å². The zero-order valence-electron chi connectivity index (χ0n) is 20.0. The molecule has 1 saturated heterocycles. The van der Waals surface area contributed by atoms with E-state index in [2.05, 4.69) is 17.3 Å². The molecule has 8 heteroatoms. The molecular formula is C27H31ClF2N4O. The van der Waals surface area contributed by atoms with Gasteiger partial charge in [-0.2, -0.15) is 8.78 Å². The van der Waals surface area contributed by atoms with E-state index in [1.807, 2.05) is 4.90 Å². The van der Waals surface area contributed by atoms with Crippen LogP contribution in [0.1, 0.15) is 48.5 Å². The molecule has 1 aliphatic heterocycles. The van der Waals surface area contributed by atoms with E-state index in [-0.39, 0.29) is 5.91 Å². The molecule has 2 fully saturated rings. The van der Waals surface area contributed by atoms with Gasteiger partial charge in [0.05, 0.1) is 10.7 Å². The van der Waals surface area contributed by atoms with E-state index >= 15 is 0 Å². The van der Waals surface area contributed by atoms with Crippen molar-refractivity contribution in [3.8, 4) is 0 Å². The van der Waals surface area contributed by atoms with E-state index < -0.39 is 11.6 Å². The summed E-state index contributed by atoms with van der Waals surface area (Å²) in [6, 6.07) is 15.0. The molecule has 4 rings (SSSR count). The number of benzene rings is 2. The Balaban J connectivity index is 1.49. The Morgan fingerprint density at radius 3 is 2.20 bits per heavy atom. The molecule has 1 heterocycles. The SMILES string of the molecule is CN(C1CC1)C1CCN(C(=O)c2ccc(/C(=C/C(=N)C(C)(F)F)Nc3ccccc3Cl)cc2)CC1. The minimum absolute atomic E-state index is 0.0264. The van der Waals surface area contributed by atoms with Crippen molar-refractivity contribution >= 4 is 34.6 Å². The van der Waals surface area contributed by atoms with Crippen LogP contribution in [-0.4, -0.2) is 59.6 Å². The van der Waals surface area contributed by atoms with Crippen LogP contribution in [-0.2, 0) is 0 Å². The van der Waals surface area contributed by atoms with Crippen molar-refractivity contribution in [2.75, 3.05) is 25.5 Å². The van der Waals surface area contributed by atoms with Crippen LogP contribution in [0.2, 0.25) is 5.02 Å². The number of amides is 1. The van der Waals surface area contributed by atoms with Crippen molar-refractivity contribution < 1.29 is 13.6 Å². The summed E-state index contributed by atoms with van der Waals surface area (Å²) < 4.78 is 27.5. The Labute approximate surface area is 210 Å². The van der Waals surface area contributed by atoms with Gasteiger partial charge in [-0.1, -0.05) is 35.9 Å². The van der Waals surface area contributed by atoms with Gasteiger partial charge in [0, 0.05) is 43.4 Å². The highest BCUT2D eigenvalue weighted by Gasteiger charge is 2.33. The molecule has 0 unspecified atom stereocenters. The van der Waals surface area contributed by atoms with Gasteiger partial charge in [-0.3, -0.25) is 10.2 Å². The van der Waals surface area contributed by atoms with Gasteiger partial charge in [-0.05, 0) is 68.6 Å². The molecule has 5 nitrogen and oxygen atoms in total. The summed E-state index contributed by atoms with van der Waals surface area (Å²) in [7, 11) is 2.19. The zero-order valence-corrected chi connectivity index (χ0v) is 20.8. The van der Waals surface area contributed by atoms with Crippen LogP contribution in [0, 0.1) is 5.41 Å². The summed E-state index contributed by atoms with van der Waals surface area (Å²) in [6.45, 7) is 2.14. The Kier molecular flexibility index (Phi) is 7.57. The Bertz CT molecular complexity index is 1100. The van der Waals surface area contributed by atoms with Gasteiger partial charge < -0.3 is 15.1 Å². The number of nitrogens with one attached hydrogen (secondary N) is 2. The van der Waals surface area contributed by atoms with Gasteiger partial charge in [0.2, 0.25) is 0 Å². The van der Waals surface area contributed by atoms with E-state index in [0.29, 0.717) is 46.5 Å². The number of halogens is 3. The number of likely N-dealkylation sites (tertiary alicyclic amines) is 1. The van der Waals surface area contributed by atoms with Crippen LogP contribution in [0.25, 0.3) is 5.70 Å². The minimum Gasteiger partial charge on any atom is -0.354 e. The van der Waals surface area contributed by atoms with Crippen molar-refractivity contribution in [1.29, 1.82) is 5.41 Å². The molecule has 0 aromatic heterocycles. The molecule has 186 valence electrons. The molecule has 0 atom stereocenters. The number of para-hydroxylation sites is 1. The van der Waals surface area contributed by atoms with Crippen LogP contribution in [0.15, 0.2) is 54.6 Å². The molecular weight excluding hydrogens is 470 g/mol. The molecule has 2 aromatic carbocycles. The number of hydrogen-bond acceptors (Lipinski definition) is 4. The number of nitrogens with zero attached hydrogens (tertiary/aromatic N) is 2. The van der Waals surface area contributed by atoms with Crippen molar-refractivity contribution in [3.63, 3.8) is 0 Å². The number of carbonyl (C=O) groups excluding carboxylic acids is 1. The van der Waals surface area contributed by atoms with Crippen LogP contribution < -0.4 is 5.32 Å². The molecule has 1 saturated carbocycles. The highest BCUT2D eigenvalue weighted by atomic mass is 35.5. The van der Waals surface area contributed by atoms with Gasteiger partial charge in [0.25, 0.3) is 11.8 Å². The first kappa shape index (κ1) is 25.3. The molecule has 0 radical (unpaired) electrons. The number of piperidine rings is 1. The Hall–Kier alpha value is -2.77. The predicted molar refractivity (Wildman–Crippen MR) is 138 cm³/mol. The molecule has 1 aliphatic carbocycles. The fraction of sp³-hybridized carbons (Fsp3) is 0.407. The maximum Gasteiger partial charge on any atom is 0.286 e. The Morgan fingerprint density at radius 1 is 1.06 bits per heavy atom. The third-order valence-corrected chi connectivity index (χ3v) is 7.13. The van der Waals surface area contributed by atoms with E-state index in [0.717, 1.165) is 32.0 Å². The number of hydrogen-bond donors (Lipinski definition) is 2. The quantitative estimate of drug-likeness (QED) is 0.426. The average molecular weight is 501 g/mol. The molecule has 2 aromatic rings. The lowest BCUT2D eigenvalue weighted by molar-refractivity contribution is 0.0639. The van der Waals surface area contributed by atoms with Crippen LogP contribution in [0.5, 0.6) is 0 Å². The number of carbonyl (C=O) groups is 1. The van der Waals surface area contributed by atoms with Crippen molar-refractivity contribution in [2.24, 2.45) is 0 Å². The number of allylic oxidation sites excluding steroid dienone is 1. The first-order valence-electron chi connectivity index (χ1n) is 11.9. The first-order chi connectivity index (χ1) is 16.6. The van der Waals surface area contributed by atoms with E-state index in [9.17, 15) is 13.6 Å². The van der Waals surface area contributed by atoms with Gasteiger partial charge in [-0.15, -0.1) is 0 Å². The second-order valence-electron chi connectivity index (χ2n) is 9.46. The molecule has 0 bridgehead atoms. The van der Waals surface area contributed by atoms with Gasteiger partial charge in [0.1, 0.15) is 5.71 Å². The third-order valence-electron chi connectivity index (χ3n) is 6.80. The molecule has 2 N–H and O–H groups in total. The lowest BCUT2D eigenvalue weighted by Gasteiger charge is -2.37. The zero-order chi connectivity index (χ0) is 25.2. The number of rotatable bonds is 8. The lowest BCUT2D eigenvalue weighted by atomic mass is 10.0. The topological polar surface area (TPSA) is 59.4 Å². The minimum atomic E-state index is -3.29. The van der Waals surface area contributed by atoms with Crippen molar-refractivity contribution in [1.82, 2.24) is 9.80 Å². The maximum absolute atomic E-state index is 13.7. The maximum atomic E-state index is 13.7. The van der Waals surface area contributed by atoms with E-state index in [4.69, 9.17) is 17.0 Å². The molecule has 0 spiro atoms. The second kappa shape index (κ2) is 10.5. The van der Waals surface area contributed by atoms with Crippen LogP contribution in [0.3, 0.4) is 0 Å². The largest absolute Gasteiger partial charge is 0.354 e. The summed E-state index contributed by atoms with van der Waals surface area (Å²) >= 11 is 6.24. The lowest BCUT2D eigenvalue weighted by Crippen LogP contribution is -2.46. The van der Waals surface area contributed by atoms with Crippen LogP contribution >= 0.6 is 11.6 Å². The van der Waals surface area contributed by atoms with Crippen molar-refractivity contribution in [2.45, 2.75) is 50.6 Å². The first-order valence-corrected chi connectivity index (χ1v) is 12.3. The highest BCUT2D eigenvalue weighted by Crippen LogP contribution is 2.31. The molecule has 2 aliphatic rings. The second-order valence-corrected chi connectivity index (χ2v) is 9.87. The van der Waals surface area contributed by atoms with Gasteiger partial charge in [0.15, 0.2) is 0 Å². The summed E-state index contributed by atoms with van der Waals surface area (Å²) in [5.41, 5.74) is 1.13.